The molecule has 2 fully saturated rings. The van der Waals surface area contributed by atoms with E-state index >= 15 is 0 Å². The standard InChI is InChI=1S/C11H22N2/c1-2-8-13(7-1)9-3-6-12-10-11-4-5-11/h11-12H,1-10H2. The lowest BCUT2D eigenvalue weighted by molar-refractivity contribution is 0.331. The van der Waals surface area contributed by atoms with E-state index in [-0.39, 0.29) is 0 Å². The maximum atomic E-state index is 3.54. The molecule has 1 saturated carbocycles. The number of rotatable bonds is 6. The van der Waals surface area contributed by atoms with Crippen molar-refractivity contribution in [2.45, 2.75) is 32.1 Å². The minimum absolute atomic E-state index is 1.03. The van der Waals surface area contributed by atoms with Crippen LogP contribution in [0.1, 0.15) is 32.1 Å². The van der Waals surface area contributed by atoms with E-state index < -0.39 is 0 Å². The fourth-order valence-electron chi connectivity index (χ4n) is 2.06. The lowest BCUT2D eigenvalue weighted by Crippen LogP contribution is -2.25. The Labute approximate surface area is 81.7 Å². The molecule has 0 atom stereocenters. The predicted octanol–water partition coefficient (Wildman–Crippen LogP) is 1.47. The van der Waals surface area contributed by atoms with Crippen LogP contribution in [0.2, 0.25) is 0 Å². The highest BCUT2D eigenvalue weighted by Crippen LogP contribution is 2.27. The minimum atomic E-state index is 1.03. The van der Waals surface area contributed by atoms with Crippen molar-refractivity contribution in [3.63, 3.8) is 0 Å². The highest BCUT2D eigenvalue weighted by atomic mass is 15.1. The average molecular weight is 182 g/mol. The van der Waals surface area contributed by atoms with Crippen molar-refractivity contribution in [2.75, 3.05) is 32.7 Å². The second kappa shape index (κ2) is 4.97. The Morgan fingerprint density at radius 3 is 2.62 bits per heavy atom. The third-order valence-electron chi connectivity index (χ3n) is 3.16. The molecule has 2 nitrogen and oxygen atoms in total. The SMILES string of the molecule is C1CCN(CCCNCC2CC2)C1. The molecule has 13 heavy (non-hydrogen) atoms. The molecule has 1 N–H and O–H groups in total. The zero-order valence-electron chi connectivity index (χ0n) is 8.60. The monoisotopic (exact) mass is 182 g/mol. The second-order valence-corrected chi connectivity index (χ2v) is 4.55. The predicted molar refractivity (Wildman–Crippen MR) is 55.9 cm³/mol. The van der Waals surface area contributed by atoms with Gasteiger partial charge in [-0.1, -0.05) is 0 Å². The maximum absolute atomic E-state index is 3.54. The van der Waals surface area contributed by atoms with Gasteiger partial charge in [-0.3, -0.25) is 0 Å². The molecule has 76 valence electrons. The Hall–Kier alpha value is -0.0800. The van der Waals surface area contributed by atoms with Crippen LogP contribution < -0.4 is 5.32 Å². The fraction of sp³-hybridized carbons (Fsp3) is 1.00. The normalized spacial score (nSPS) is 24.0. The first kappa shape index (κ1) is 9.47. The molecule has 1 aliphatic carbocycles. The molecule has 2 rings (SSSR count). The van der Waals surface area contributed by atoms with Crippen molar-refractivity contribution in [3.8, 4) is 0 Å². The lowest BCUT2D eigenvalue weighted by Gasteiger charge is -2.14. The molecule has 2 heteroatoms. The number of nitrogens with one attached hydrogen (secondary N) is 1. The van der Waals surface area contributed by atoms with Gasteiger partial charge in [0.05, 0.1) is 0 Å². The summed E-state index contributed by atoms with van der Waals surface area (Å²) in [6.07, 6.45) is 7.13. The van der Waals surface area contributed by atoms with E-state index in [1.165, 1.54) is 64.8 Å². The number of nitrogens with zero attached hydrogens (tertiary/aromatic N) is 1. The van der Waals surface area contributed by atoms with Crippen molar-refractivity contribution >= 4 is 0 Å². The molecular weight excluding hydrogens is 160 g/mol. The van der Waals surface area contributed by atoms with E-state index in [0.29, 0.717) is 0 Å². The van der Waals surface area contributed by atoms with Crippen LogP contribution >= 0.6 is 0 Å². The molecule has 0 amide bonds. The topological polar surface area (TPSA) is 15.3 Å². The summed E-state index contributed by atoms with van der Waals surface area (Å²) in [5.41, 5.74) is 0. The van der Waals surface area contributed by atoms with E-state index in [1.54, 1.807) is 0 Å². The Morgan fingerprint density at radius 1 is 1.15 bits per heavy atom. The quantitative estimate of drug-likeness (QED) is 0.626. The van der Waals surface area contributed by atoms with Crippen LogP contribution in [0, 0.1) is 5.92 Å². The van der Waals surface area contributed by atoms with Crippen LogP contribution in [0.4, 0.5) is 0 Å². The van der Waals surface area contributed by atoms with Crippen molar-refractivity contribution in [2.24, 2.45) is 5.92 Å². The summed E-state index contributed by atoms with van der Waals surface area (Å²) in [5.74, 6) is 1.03. The minimum Gasteiger partial charge on any atom is -0.316 e. The van der Waals surface area contributed by atoms with Gasteiger partial charge < -0.3 is 10.2 Å². The molecule has 0 aromatic rings. The summed E-state index contributed by atoms with van der Waals surface area (Å²) in [6, 6.07) is 0. The molecular formula is C11H22N2. The van der Waals surface area contributed by atoms with Gasteiger partial charge in [0.1, 0.15) is 0 Å². The number of hydrogen-bond donors (Lipinski definition) is 1. The zero-order valence-corrected chi connectivity index (χ0v) is 8.60. The Balaban J connectivity index is 1.39. The first-order chi connectivity index (χ1) is 6.45. The van der Waals surface area contributed by atoms with E-state index in [0.717, 1.165) is 5.92 Å². The molecule has 0 aromatic carbocycles. The zero-order chi connectivity index (χ0) is 8.93. The molecule has 1 saturated heterocycles. The summed E-state index contributed by atoms with van der Waals surface area (Å²) < 4.78 is 0. The second-order valence-electron chi connectivity index (χ2n) is 4.55. The number of likely N-dealkylation sites (tertiary alicyclic amines) is 1. The molecule has 2 aliphatic rings. The van der Waals surface area contributed by atoms with E-state index in [2.05, 4.69) is 10.2 Å². The Morgan fingerprint density at radius 2 is 1.92 bits per heavy atom. The van der Waals surface area contributed by atoms with Crippen molar-refractivity contribution in [1.82, 2.24) is 10.2 Å². The first-order valence-corrected chi connectivity index (χ1v) is 5.88. The first-order valence-electron chi connectivity index (χ1n) is 5.88. The van der Waals surface area contributed by atoms with E-state index in [9.17, 15) is 0 Å². The van der Waals surface area contributed by atoms with Crippen LogP contribution in [0.15, 0.2) is 0 Å². The third-order valence-corrected chi connectivity index (χ3v) is 3.16. The van der Waals surface area contributed by atoms with Crippen LogP contribution in [0.25, 0.3) is 0 Å². The van der Waals surface area contributed by atoms with Gasteiger partial charge in [0.25, 0.3) is 0 Å². The van der Waals surface area contributed by atoms with Gasteiger partial charge in [-0.25, -0.2) is 0 Å². The van der Waals surface area contributed by atoms with E-state index in [1.807, 2.05) is 0 Å². The van der Waals surface area contributed by atoms with Crippen LogP contribution in [0.3, 0.4) is 0 Å². The molecule has 0 bridgehead atoms. The molecule has 0 unspecified atom stereocenters. The van der Waals surface area contributed by atoms with Crippen LogP contribution in [0.5, 0.6) is 0 Å². The Kier molecular flexibility index (Phi) is 3.62. The van der Waals surface area contributed by atoms with Gasteiger partial charge in [0.15, 0.2) is 0 Å². The van der Waals surface area contributed by atoms with Crippen molar-refractivity contribution in [3.05, 3.63) is 0 Å². The van der Waals surface area contributed by atoms with Crippen LogP contribution in [-0.4, -0.2) is 37.6 Å². The molecule has 0 aromatic heterocycles. The molecule has 0 radical (unpaired) electrons. The smallest absolute Gasteiger partial charge is 0.000664 e. The highest BCUT2D eigenvalue weighted by Gasteiger charge is 2.20. The molecule has 1 aliphatic heterocycles. The van der Waals surface area contributed by atoms with Gasteiger partial charge in [0, 0.05) is 0 Å². The van der Waals surface area contributed by atoms with Gasteiger partial charge in [-0.05, 0) is 70.7 Å². The molecule has 1 heterocycles. The maximum Gasteiger partial charge on any atom is -0.000664 e. The van der Waals surface area contributed by atoms with Crippen molar-refractivity contribution < 1.29 is 0 Å². The highest BCUT2D eigenvalue weighted by molar-refractivity contribution is 4.75. The average Bonchev–Trinajstić information content (AvgIpc) is 2.81. The van der Waals surface area contributed by atoms with Gasteiger partial charge in [-0.2, -0.15) is 0 Å². The largest absolute Gasteiger partial charge is 0.316 e. The summed E-state index contributed by atoms with van der Waals surface area (Å²) in [6.45, 7) is 6.52. The van der Waals surface area contributed by atoms with E-state index in [4.69, 9.17) is 0 Å². The van der Waals surface area contributed by atoms with Gasteiger partial charge >= 0.3 is 0 Å². The summed E-state index contributed by atoms with van der Waals surface area (Å²) >= 11 is 0. The summed E-state index contributed by atoms with van der Waals surface area (Å²) in [4.78, 5) is 2.60. The fourth-order valence-corrected chi connectivity index (χ4v) is 2.06. The van der Waals surface area contributed by atoms with Crippen LogP contribution in [-0.2, 0) is 0 Å². The van der Waals surface area contributed by atoms with Crippen molar-refractivity contribution in [1.29, 1.82) is 0 Å². The van der Waals surface area contributed by atoms with Gasteiger partial charge in [0.2, 0.25) is 0 Å². The lowest BCUT2D eigenvalue weighted by atomic mass is 10.3. The molecule has 0 spiro atoms. The third kappa shape index (κ3) is 3.65. The number of hydrogen-bond acceptors (Lipinski definition) is 2. The summed E-state index contributed by atoms with van der Waals surface area (Å²) in [7, 11) is 0. The Bertz CT molecular complexity index is 137. The van der Waals surface area contributed by atoms with Gasteiger partial charge in [-0.15, -0.1) is 0 Å². The summed E-state index contributed by atoms with van der Waals surface area (Å²) in [5, 5.41) is 3.54.